The second-order valence-electron chi connectivity index (χ2n) is 4.12. The van der Waals surface area contributed by atoms with Gasteiger partial charge in [0, 0.05) is 60.8 Å². The maximum Gasteiger partial charge on any atom is 0.0492 e. The SMILES string of the molecule is CC(CCS(C)=O)NCCc1ccnn1C. The van der Waals surface area contributed by atoms with Crippen LogP contribution in [0.4, 0.5) is 0 Å². The zero-order valence-electron chi connectivity index (χ0n) is 10.3. The predicted octanol–water partition coefficient (Wildman–Crippen LogP) is 0.709. The van der Waals surface area contributed by atoms with Crippen LogP contribution >= 0.6 is 0 Å². The van der Waals surface area contributed by atoms with Crippen LogP contribution in [0.1, 0.15) is 19.0 Å². The third-order valence-electron chi connectivity index (χ3n) is 2.63. The molecule has 4 nitrogen and oxygen atoms in total. The van der Waals surface area contributed by atoms with Gasteiger partial charge in [-0.3, -0.25) is 8.89 Å². The van der Waals surface area contributed by atoms with Gasteiger partial charge in [0.25, 0.3) is 0 Å². The molecule has 0 aliphatic carbocycles. The topological polar surface area (TPSA) is 46.9 Å². The van der Waals surface area contributed by atoms with Gasteiger partial charge in [-0.2, -0.15) is 5.10 Å². The highest BCUT2D eigenvalue weighted by atomic mass is 32.2. The van der Waals surface area contributed by atoms with Gasteiger partial charge in [-0.05, 0) is 19.4 Å². The summed E-state index contributed by atoms with van der Waals surface area (Å²) in [5.41, 5.74) is 1.23. The largest absolute Gasteiger partial charge is 0.314 e. The zero-order valence-corrected chi connectivity index (χ0v) is 11.1. The summed E-state index contributed by atoms with van der Waals surface area (Å²) < 4.78 is 12.8. The molecule has 5 heteroatoms. The molecule has 0 amide bonds. The van der Waals surface area contributed by atoms with Crippen molar-refractivity contribution in [2.24, 2.45) is 7.05 Å². The summed E-state index contributed by atoms with van der Waals surface area (Å²) >= 11 is 0. The lowest BCUT2D eigenvalue weighted by Crippen LogP contribution is -2.29. The molecule has 0 saturated carbocycles. The predicted molar refractivity (Wildman–Crippen MR) is 67.9 cm³/mol. The molecule has 1 aromatic heterocycles. The minimum absolute atomic E-state index is 0.428. The summed E-state index contributed by atoms with van der Waals surface area (Å²) in [5.74, 6) is 0.778. The molecular formula is C11H21N3OS. The Bertz CT molecular complexity index is 338. The first-order valence-corrected chi connectivity index (χ1v) is 7.32. The van der Waals surface area contributed by atoms with Gasteiger partial charge >= 0.3 is 0 Å². The number of rotatable bonds is 7. The Morgan fingerprint density at radius 1 is 1.62 bits per heavy atom. The molecule has 0 bridgehead atoms. The molecular weight excluding hydrogens is 222 g/mol. The molecule has 0 aromatic carbocycles. The highest BCUT2D eigenvalue weighted by molar-refractivity contribution is 7.84. The average molecular weight is 243 g/mol. The second-order valence-corrected chi connectivity index (χ2v) is 5.67. The van der Waals surface area contributed by atoms with Gasteiger partial charge in [-0.25, -0.2) is 0 Å². The van der Waals surface area contributed by atoms with Crippen LogP contribution in [0.2, 0.25) is 0 Å². The first-order valence-electron chi connectivity index (χ1n) is 5.60. The fraction of sp³-hybridized carbons (Fsp3) is 0.727. The van der Waals surface area contributed by atoms with Crippen LogP contribution in [-0.2, 0) is 24.3 Å². The quantitative estimate of drug-likeness (QED) is 0.767. The van der Waals surface area contributed by atoms with Crippen LogP contribution in [0.5, 0.6) is 0 Å². The van der Waals surface area contributed by atoms with Crippen molar-refractivity contribution in [1.82, 2.24) is 15.1 Å². The van der Waals surface area contributed by atoms with Crippen LogP contribution in [0.15, 0.2) is 12.3 Å². The van der Waals surface area contributed by atoms with Crippen LogP contribution in [0.3, 0.4) is 0 Å². The molecule has 0 aliphatic rings. The summed E-state index contributed by atoms with van der Waals surface area (Å²) in [6.45, 7) is 3.08. The van der Waals surface area contributed by atoms with Crippen LogP contribution < -0.4 is 5.32 Å². The molecule has 16 heavy (non-hydrogen) atoms. The van der Waals surface area contributed by atoms with E-state index in [0.29, 0.717) is 6.04 Å². The van der Waals surface area contributed by atoms with E-state index in [9.17, 15) is 4.21 Å². The lowest BCUT2D eigenvalue weighted by atomic mass is 10.2. The minimum Gasteiger partial charge on any atom is -0.314 e. The first kappa shape index (κ1) is 13.4. The molecule has 1 heterocycles. The Morgan fingerprint density at radius 3 is 2.94 bits per heavy atom. The molecule has 1 rings (SSSR count). The normalized spacial score (nSPS) is 14.9. The number of aromatic nitrogens is 2. The van der Waals surface area contributed by atoms with Gasteiger partial charge in [0.2, 0.25) is 0 Å². The Hall–Kier alpha value is -0.680. The van der Waals surface area contributed by atoms with Gasteiger partial charge in [-0.1, -0.05) is 0 Å². The van der Waals surface area contributed by atoms with E-state index < -0.39 is 10.8 Å². The Labute approximate surface area is 99.9 Å². The summed E-state index contributed by atoms with van der Waals surface area (Å²) in [6, 6.07) is 2.46. The van der Waals surface area contributed by atoms with E-state index in [2.05, 4.69) is 17.3 Å². The van der Waals surface area contributed by atoms with Crippen LogP contribution in [-0.4, -0.2) is 38.6 Å². The van der Waals surface area contributed by atoms with Crippen LogP contribution in [0, 0.1) is 0 Å². The monoisotopic (exact) mass is 243 g/mol. The number of hydrogen-bond acceptors (Lipinski definition) is 3. The van der Waals surface area contributed by atoms with Crippen molar-refractivity contribution in [2.45, 2.75) is 25.8 Å². The maximum atomic E-state index is 10.9. The van der Waals surface area contributed by atoms with Crippen LogP contribution in [0.25, 0.3) is 0 Å². The molecule has 1 aromatic rings. The number of nitrogens with one attached hydrogen (secondary N) is 1. The van der Waals surface area contributed by atoms with E-state index in [1.165, 1.54) is 5.69 Å². The molecule has 0 radical (unpaired) electrons. The summed E-state index contributed by atoms with van der Waals surface area (Å²) in [4.78, 5) is 0. The molecule has 0 saturated heterocycles. The fourth-order valence-corrected chi connectivity index (χ4v) is 2.22. The van der Waals surface area contributed by atoms with E-state index in [4.69, 9.17) is 0 Å². The van der Waals surface area contributed by atoms with Gasteiger partial charge in [-0.15, -0.1) is 0 Å². The second kappa shape index (κ2) is 6.81. The van der Waals surface area contributed by atoms with Gasteiger partial charge in [0.1, 0.15) is 0 Å². The number of aryl methyl sites for hydroxylation is 1. The lowest BCUT2D eigenvalue weighted by molar-refractivity contribution is 0.530. The first-order chi connectivity index (χ1) is 7.59. The average Bonchev–Trinajstić information content (AvgIpc) is 2.61. The van der Waals surface area contributed by atoms with E-state index in [-0.39, 0.29) is 0 Å². The third-order valence-corrected chi connectivity index (χ3v) is 3.45. The van der Waals surface area contributed by atoms with Gasteiger partial charge in [0.05, 0.1) is 0 Å². The summed E-state index contributed by atoms with van der Waals surface area (Å²) in [6.07, 6.45) is 5.52. The van der Waals surface area contributed by atoms with Crippen molar-refractivity contribution in [3.63, 3.8) is 0 Å². The molecule has 1 N–H and O–H groups in total. The fourth-order valence-electron chi connectivity index (χ4n) is 1.54. The van der Waals surface area contributed by atoms with Crippen molar-refractivity contribution < 1.29 is 4.21 Å². The van der Waals surface area contributed by atoms with E-state index in [1.807, 2.05) is 24.0 Å². The number of hydrogen-bond donors (Lipinski definition) is 1. The van der Waals surface area contributed by atoms with Crippen molar-refractivity contribution in [3.05, 3.63) is 18.0 Å². The Balaban J connectivity index is 2.15. The molecule has 92 valence electrons. The maximum absolute atomic E-state index is 10.9. The zero-order chi connectivity index (χ0) is 12.0. The Kier molecular flexibility index (Phi) is 5.69. The van der Waals surface area contributed by atoms with Crippen molar-refractivity contribution >= 4 is 10.8 Å². The van der Waals surface area contributed by atoms with Gasteiger partial charge in [0.15, 0.2) is 0 Å². The molecule has 0 aliphatic heterocycles. The van der Waals surface area contributed by atoms with Crippen molar-refractivity contribution in [3.8, 4) is 0 Å². The van der Waals surface area contributed by atoms with E-state index in [0.717, 1.165) is 25.1 Å². The van der Waals surface area contributed by atoms with Crippen molar-refractivity contribution in [1.29, 1.82) is 0 Å². The smallest absolute Gasteiger partial charge is 0.0492 e. The number of nitrogens with zero attached hydrogens (tertiary/aromatic N) is 2. The highest BCUT2D eigenvalue weighted by Crippen LogP contribution is 1.98. The Morgan fingerprint density at radius 2 is 2.38 bits per heavy atom. The third kappa shape index (κ3) is 4.90. The molecule has 0 spiro atoms. The van der Waals surface area contributed by atoms with Gasteiger partial charge < -0.3 is 5.32 Å². The van der Waals surface area contributed by atoms with E-state index in [1.54, 1.807) is 6.26 Å². The molecule has 0 fully saturated rings. The highest BCUT2D eigenvalue weighted by Gasteiger charge is 2.03. The lowest BCUT2D eigenvalue weighted by Gasteiger charge is -2.12. The standard InChI is InChI=1S/C11H21N3OS/c1-10(6-9-16(3)15)12-7-4-11-5-8-13-14(11)2/h5,8,10,12H,4,6-7,9H2,1-3H3. The minimum atomic E-state index is -0.679. The summed E-state index contributed by atoms with van der Waals surface area (Å²) in [7, 11) is 1.28. The molecule has 2 unspecified atom stereocenters. The van der Waals surface area contributed by atoms with Crippen molar-refractivity contribution in [2.75, 3.05) is 18.6 Å². The molecule has 2 atom stereocenters. The van der Waals surface area contributed by atoms with E-state index >= 15 is 0 Å². The summed E-state index contributed by atoms with van der Waals surface area (Å²) in [5, 5.41) is 7.55.